The van der Waals surface area contributed by atoms with Crippen molar-refractivity contribution in [2.75, 3.05) is 32.8 Å². The standard InChI is InChI=1S/C12H21N3O5/c1-12(2,10(17)18)14-11(19)13-4-3-9(16)15-5-7-20-8-6-15/h3-8H2,1-2H3,(H,17,18)(H2,13,14,19). The number of nitrogens with zero attached hydrogens (tertiary/aromatic N) is 1. The first kappa shape index (κ1) is 16.2. The van der Waals surface area contributed by atoms with Crippen molar-refractivity contribution in [3.8, 4) is 0 Å². The summed E-state index contributed by atoms with van der Waals surface area (Å²) in [4.78, 5) is 35.8. The van der Waals surface area contributed by atoms with Crippen molar-refractivity contribution in [2.45, 2.75) is 25.8 Å². The molecule has 1 aliphatic rings. The Bertz CT molecular complexity index is 377. The molecule has 0 aliphatic carbocycles. The van der Waals surface area contributed by atoms with Gasteiger partial charge in [0.2, 0.25) is 5.91 Å². The predicted molar refractivity (Wildman–Crippen MR) is 70.3 cm³/mol. The summed E-state index contributed by atoms with van der Waals surface area (Å²) in [7, 11) is 0. The minimum atomic E-state index is -1.35. The van der Waals surface area contributed by atoms with E-state index in [4.69, 9.17) is 9.84 Å². The van der Waals surface area contributed by atoms with Gasteiger partial charge >= 0.3 is 12.0 Å². The van der Waals surface area contributed by atoms with Gasteiger partial charge in [0.1, 0.15) is 5.54 Å². The first-order chi connectivity index (χ1) is 9.33. The number of ether oxygens (including phenoxy) is 1. The predicted octanol–water partition coefficient (Wildman–Crippen LogP) is -0.602. The van der Waals surface area contributed by atoms with E-state index in [0.29, 0.717) is 26.3 Å². The number of morpholine rings is 1. The van der Waals surface area contributed by atoms with Gasteiger partial charge in [0.25, 0.3) is 0 Å². The highest BCUT2D eigenvalue weighted by molar-refractivity contribution is 5.85. The Morgan fingerprint density at radius 2 is 1.85 bits per heavy atom. The lowest BCUT2D eigenvalue weighted by molar-refractivity contribution is -0.143. The van der Waals surface area contributed by atoms with Crippen molar-refractivity contribution >= 4 is 17.9 Å². The summed E-state index contributed by atoms with van der Waals surface area (Å²) < 4.78 is 5.14. The number of carboxylic acid groups (broad SMARTS) is 1. The summed E-state index contributed by atoms with van der Waals surface area (Å²) in [5, 5.41) is 13.6. The van der Waals surface area contributed by atoms with E-state index in [1.54, 1.807) is 4.90 Å². The molecular weight excluding hydrogens is 266 g/mol. The lowest BCUT2D eigenvalue weighted by Crippen LogP contribution is -2.53. The van der Waals surface area contributed by atoms with Crippen LogP contribution >= 0.6 is 0 Å². The summed E-state index contributed by atoms with van der Waals surface area (Å²) in [6.07, 6.45) is 0.181. The van der Waals surface area contributed by atoms with Crippen LogP contribution in [0.3, 0.4) is 0 Å². The van der Waals surface area contributed by atoms with E-state index in [2.05, 4.69) is 10.6 Å². The van der Waals surface area contributed by atoms with Crippen LogP contribution in [0, 0.1) is 0 Å². The van der Waals surface area contributed by atoms with Crippen LogP contribution in [0.5, 0.6) is 0 Å². The third-order valence-corrected chi connectivity index (χ3v) is 2.95. The minimum Gasteiger partial charge on any atom is -0.480 e. The molecule has 1 fully saturated rings. The van der Waals surface area contributed by atoms with Gasteiger partial charge in [-0.15, -0.1) is 0 Å². The molecule has 8 heteroatoms. The maximum Gasteiger partial charge on any atom is 0.328 e. The van der Waals surface area contributed by atoms with Crippen molar-refractivity contribution < 1.29 is 24.2 Å². The van der Waals surface area contributed by atoms with E-state index in [9.17, 15) is 14.4 Å². The van der Waals surface area contributed by atoms with Crippen LogP contribution in [0.2, 0.25) is 0 Å². The lowest BCUT2D eigenvalue weighted by Gasteiger charge is -2.27. The quantitative estimate of drug-likeness (QED) is 0.625. The molecule has 1 heterocycles. The maximum atomic E-state index is 11.8. The topological polar surface area (TPSA) is 108 Å². The average molecular weight is 287 g/mol. The van der Waals surface area contributed by atoms with Crippen molar-refractivity contribution in [2.24, 2.45) is 0 Å². The monoisotopic (exact) mass is 287 g/mol. The number of carboxylic acids is 1. The van der Waals surface area contributed by atoms with Gasteiger partial charge in [-0.3, -0.25) is 4.79 Å². The molecule has 0 saturated carbocycles. The van der Waals surface area contributed by atoms with E-state index >= 15 is 0 Å². The molecule has 8 nitrogen and oxygen atoms in total. The number of nitrogens with one attached hydrogen (secondary N) is 2. The smallest absolute Gasteiger partial charge is 0.328 e. The molecule has 1 saturated heterocycles. The number of hydrogen-bond acceptors (Lipinski definition) is 4. The average Bonchev–Trinajstić information content (AvgIpc) is 2.38. The van der Waals surface area contributed by atoms with Crippen LogP contribution in [-0.4, -0.2) is 66.3 Å². The zero-order valence-electron chi connectivity index (χ0n) is 11.8. The van der Waals surface area contributed by atoms with E-state index in [0.717, 1.165) is 0 Å². The van der Waals surface area contributed by atoms with Gasteiger partial charge in [0.15, 0.2) is 0 Å². The van der Waals surface area contributed by atoms with Gasteiger partial charge in [-0.05, 0) is 13.8 Å². The van der Waals surface area contributed by atoms with E-state index in [1.807, 2.05) is 0 Å². The van der Waals surface area contributed by atoms with E-state index < -0.39 is 17.5 Å². The minimum absolute atomic E-state index is 0.0499. The molecule has 114 valence electrons. The molecule has 1 aliphatic heterocycles. The molecule has 0 bridgehead atoms. The highest BCUT2D eigenvalue weighted by atomic mass is 16.5. The first-order valence-corrected chi connectivity index (χ1v) is 6.48. The van der Waals surface area contributed by atoms with Gasteiger partial charge in [-0.2, -0.15) is 0 Å². The largest absolute Gasteiger partial charge is 0.480 e. The summed E-state index contributed by atoms with van der Waals surface area (Å²) in [6, 6.07) is -0.604. The molecule has 0 aromatic heterocycles. The van der Waals surface area contributed by atoms with Crippen LogP contribution in [0.1, 0.15) is 20.3 Å². The molecule has 0 radical (unpaired) electrons. The van der Waals surface area contributed by atoms with Crippen LogP contribution < -0.4 is 10.6 Å². The molecule has 0 aromatic carbocycles. The maximum absolute atomic E-state index is 11.8. The van der Waals surface area contributed by atoms with E-state index in [1.165, 1.54) is 13.8 Å². The Morgan fingerprint density at radius 3 is 2.40 bits per heavy atom. The number of carbonyl (C=O) groups excluding carboxylic acids is 2. The Morgan fingerprint density at radius 1 is 1.25 bits per heavy atom. The van der Waals surface area contributed by atoms with Crippen LogP contribution in [0.15, 0.2) is 0 Å². The summed E-state index contributed by atoms with van der Waals surface area (Å²) in [5.74, 6) is -1.18. The molecule has 3 amide bonds. The number of carbonyl (C=O) groups is 3. The molecule has 0 unspecified atom stereocenters. The third-order valence-electron chi connectivity index (χ3n) is 2.95. The fourth-order valence-corrected chi connectivity index (χ4v) is 1.64. The second-order valence-corrected chi connectivity index (χ2v) is 5.05. The highest BCUT2D eigenvalue weighted by Crippen LogP contribution is 2.01. The zero-order chi connectivity index (χ0) is 15.2. The SMILES string of the molecule is CC(C)(NC(=O)NCCC(=O)N1CCOCC1)C(=O)O. The Hall–Kier alpha value is -1.83. The fraction of sp³-hybridized carbons (Fsp3) is 0.750. The van der Waals surface area contributed by atoms with Gasteiger partial charge in [-0.1, -0.05) is 0 Å². The molecular formula is C12H21N3O5. The molecule has 3 N–H and O–H groups in total. The fourth-order valence-electron chi connectivity index (χ4n) is 1.64. The third kappa shape index (κ3) is 5.04. The summed E-state index contributed by atoms with van der Waals surface area (Å²) in [5.41, 5.74) is -1.35. The van der Waals surface area contributed by atoms with Gasteiger partial charge in [0, 0.05) is 26.1 Å². The lowest BCUT2D eigenvalue weighted by atomic mass is 10.1. The Labute approximate surface area is 117 Å². The van der Waals surface area contributed by atoms with Crippen LogP contribution in [-0.2, 0) is 14.3 Å². The van der Waals surface area contributed by atoms with Gasteiger partial charge in [-0.25, -0.2) is 9.59 Å². The highest BCUT2D eigenvalue weighted by Gasteiger charge is 2.28. The first-order valence-electron chi connectivity index (χ1n) is 6.48. The van der Waals surface area contributed by atoms with Gasteiger partial charge < -0.3 is 25.4 Å². The molecule has 0 aromatic rings. The summed E-state index contributed by atoms with van der Waals surface area (Å²) >= 11 is 0. The number of hydrogen-bond donors (Lipinski definition) is 3. The number of amides is 3. The molecule has 1 rings (SSSR count). The number of aliphatic carboxylic acids is 1. The van der Waals surface area contributed by atoms with Gasteiger partial charge in [0.05, 0.1) is 13.2 Å². The second kappa shape index (κ2) is 7.09. The molecule has 0 atom stereocenters. The summed E-state index contributed by atoms with van der Waals surface area (Å²) in [6.45, 7) is 5.13. The van der Waals surface area contributed by atoms with Crippen molar-refractivity contribution in [3.63, 3.8) is 0 Å². The Kier molecular flexibility index (Phi) is 5.75. The number of urea groups is 1. The van der Waals surface area contributed by atoms with Crippen molar-refractivity contribution in [1.82, 2.24) is 15.5 Å². The molecule has 20 heavy (non-hydrogen) atoms. The Balaban J connectivity index is 2.24. The van der Waals surface area contributed by atoms with Crippen LogP contribution in [0.25, 0.3) is 0 Å². The number of rotatable bonds is 5. The zero-order valence-corrected chi connectivity index (χ0v) is 11.8. The van der Waals surface area contributed by atoms with Crippen molar-refractivity contribution in [3.05, 3.63) is 0 Å². The normalized spacial score (nSPS) is 15.6. The van der Waals surface area contributed by atoms with Crippen molar-refractivity contribution in [1.29, 1.82) is 0 Å². The second-order valence-electron chi connectivity index (χ2n) is 5.05. The van der Waals surface area contributed by atoms with Crippen LogP contribution in [0.4, 0.5) is 4.79 Å². The van der Waals surface area contributed by atoms with E-state index in [-0.39, 0.29) is 18.9 Å². The molecule has 0 spiro atoms.